The summed E-state index contributed by atoms with van der Waals surface area (Å²) < 4.78 is 5.35. The highest BCUT2D eigenvalue weighted by Gasteiger charge is 2.16. The number of rotatable bonds is 6. The number of nitrogens with one attached hydrogen (secondary N) is 1. The van der Waals surface area contributed by atoms with Gasteiger partial charge in [0.2, 0.25) is 5.91 Å². The van der Waals surface area contributed by atoms with Crippen LogP contribution in [-0.4, -0.2) is 25.3 Å². The molecule has 3 aromatic rings. The van der Waals surface area contributed by atoms with Crippen molar-refractivity contribution in [2.75, 3.05) is 13.7 Å². The molecule has 3 rings (SSSR count). The second-order valence-electron chi connectivity index (χ2n) is 6.11. The van der Waals surface area contributed by atoms with Gasteiger partial charge in [-0.2, -0.15) is 0 Å². The molecule has 1 amide bonds. The number of carbonyl (C=O) groups is 2. The lowest BCUT2D eigenvalue weighted by Gasteiger charge is -2.14. The molecular weight excluding hydrogens is 326 g/mol. The quantitative estimate of drug-likeness (QED) is 0.691. The van der Waals surface area contributed by atoms with Gasteiger partial charge in [0, 0.05) is 24.6 Å². The van der Waals surface area contributed by atoms with Crippen LogP contribution in [0.4, 0.5) is 0 Å². The molecule has 0 heterocycles. The van der Waals surface area contributed by atoms with Crippen LogP contribution in [0, 0.1) is 0 Å². The predicted octanol–water partition coefficient (Wildman–Crippen LogP) is 3.76. The summed E-state index contributed by atoms with van der Waals surface area (Å²) in [6, 6.07) is 18.9. The fraction of sp³-hybridized carbons (Fsp3) is 0.182. The molecule has 4 nitrogen and oxygen atoms in total. The first-order valence-electron chi connectivity index (χ1n) is 8.54. The zero-order valence-electron chi connectivity index (χ0n) is 14.9. The standard InChI is InChI=1S/C22H21NO3/c1-15(24)23-13-12-19-20(22(25)17-6-4-3-5-7-17)11-9-16-8-10-18(26-2)14-21(16)19/h3-11,14H,12-13H2,1-2H3,(H,23,24). The molecule has 0 bridgehead atoms. The van der Waals surface area contributed by atoms with E-state index in [-0.39, 0.29) is 11.7 Å². The van der Waals surface area contributed by atoms with Crippen LogP contribution in [0.5, 0.6) is 5.75 Å². The summed E-state index contributed by atoms with van der Waals surface area (Å²) >= 11 is 0. The highest BCUT2D eigenvalue weighted by molar-refractivity contribution is 6.12. The maximum Gasteiger partial charge on any atom is 0.216 e. The van der Waals surface area contributed by atoms with E-state index in [1.807, 2.05) is 60.7 Å². The molecule has 0 radical (unpaired) electrons. The highest BCUT2D eigenvalue weighted by Crippen LogP contribution is 2.28. The summed E-state index contributed by atoms with van der Waals surface area (Å²) in [7, 11) is 1.62. The van der Waals surface area contributed by atoms with Crippen molar-refractivity contribution in [1.82, 2.24) is 5.32 Å². The van der Waals surface area contributed by atoms with Gasteiger partial charge < -0.3 is 10.1 Å². The number of methoxy groups -OCH3 is 1. The molecule has 0 fully saturated rings. The van der Waals surface area contributed by atoms with Gasteiger partial charge in [0.1, 0.15) is 5.75 Å². The Hall–Kier alpha value is -3.14. The Labute approximate surface area is 152 Å². The van der Waals surface area contributed by atoms with E-state index in [4.69, 9.17) is 4.74 Å². The third-order valence-electron chi connectivity index (χ3n) is 4.37. The molecule has 0 atom stereocenters. The van der Waals surface area contributed by atoms with Gasteiger partial charge in [-0.3, -0.25) is 9.59 Å². The van der Waals surface area contributed by atoms with Gasteiger partial charge in [0.15, 0.2) is 5.78 Å². The first kappa shape index (κ1) is 17.7. The third kappa shape index (κ3) is 3.75. The molecule has 0 aliphatic rings. The average Bonchev–Trinajstić information content (AvgIpc) is 2.67. The molecule has 3 aromatic carbocycles. The van der Waals surface area contributed by atoms with E-state index in [0.717, 1.165) is 22.1 Å². The molecule has 0 saturated carbocycles. The van der Waals surface area contributed by atoms with Crippen molar-refractivity contribution in [1.29, 1.82) is 0 Å². The maximum absolute atomic E-state index is 13.0. The van der Waals surface area contributed by atoms with Crippen molar-refractivity contribution in [3.8, 4) is 5.75 Å². The number of benzene rings is 3. The van der Waals surface area contributed by atoms with Crippen LogP contribution in [0.3, 0.4) is 0 Å². The Morgan fingerprint density at radius 2 is 1.73 bits per heavy atom. The topological polar surface area (TPSA) is 55.4 Å². The van der Waals surface area contributed by atoms with E-state index in [0.29, 0.717) is 24.1 Å². The van der Waals surface area contributed by atoms with E-state index in [1.165, 1.54) is 6.92 Å². The molecule has 0 spiro atoms. The summed E-state index contributed by atoms with van der Waals surface area (Å²) in [5.74, 6) is 0.634. The van der Waals surface area contributed by atoms with Crippen LogP contribution in [0.1, 0.15) is 28.4 Å². The Kier molecular flexibility index (Phi) is 5.32. The molecule has 0 saturated heterocycles. The van der Waals surface area contributed by atoms with E-state index < -0.39 is 0 Å². The van der Waals surface area contributed by atoms with Crippen LogP contribution in [0.15, 0.2) is 60.7 Å². The number of ether oxygens (including phenoxy) is 1. The number of hydrogen-bond acceptors (Lipinski definition) is 3. The van der Waals surface area contributed by atoms with Crippen LogP contribution >= 0.6 is 0 Å². The second-order valence-corrected chi connectivity index (χ2v) is 6.11. The van der Waals surface area contributed by atoms with Crippen molar-refractivity contribution in [2.24, 2.45) is 0 Å². The number of hydrogen-bond donors (Lipinski definition) is 1. The second kappa shape index (κ2) is 7.83. The smallest absolute Gasteiger partial charge is 0.216 e. The molecular formula is C22H21NO3. The first-order valence-corrected chi connectivity index (χ1v) is 8.54. The zero-order valence-corrected chi connectivity index (χ0v) is 14.9. The summed E-state index contributed by atoms with van der Waals surface area (Å²) in [5.41, 5.74) is 2.22. The van der Waals surface area contributed by atoms with Crippen molar-refractivity contribution in [2.45, 2.75) is 13.3 Å². The highest BCUT2D eigenvalue weighted by atomic mass is 16.5. The maximum atomic E-state index is 13.0. The fourth-order valence-corrected chi connectivity index (χ4v) is 3.08. The minimum atomic E-state index is -0.0845. The molecule has 1 N–H and O–H groups in total. The van der Waals surface area contributed by atoms with Crippen molar-refractivity contribution in [3.63, 3.8) is 0 Å². The van der Waals surface area contributed by atoms with Crippen molar-refractivity contribution in [3.05, 3.63) is 77.4 Å². The van der Waals surface area contributed by atoms with Gasteiger partial charge in [0.05, 0.1) is 7.11 Å². The average molecular weight is 347 g/mol. The van der Waals surface area contributed by atoms with Gasteiger partial charge in [-0.25, -0.2) is 0 Å². The Morgan fingerprint density at radius 3 is 2.42 bits per heavy atom. The lowest BCUT2D eigenvalue weighted by atomic mass is 9.91. The number of fused-ring (bicyclic) bond motifs is 1. The Bertz CT molecular complexity index is 948. The van der Waals surface area contributed by atoms with Crippen molar-refractivity contribution < 1.29 is 14.3 Å². The van der Waals surface area contributed by atoms with Crippen LogP contribution in [0.2, 0.25) is 0 Å². The molecule has 0 aromatic heterocycles. The summed E-state index contributed by atoms with van der Waals surface area (Å²) in [6.45, 7) is 1.96. The molecule has 132 valence electrons. The number of amides is 1. The first-order chi connectivity index (χ1) is 12.6. The molecule has 0 aliphatic carbocycles. The monoisotopic (exact) mass is 347 g/mol. The normalized spacial score (nSPS) is 10.5. The zero-order chi connectivity index (χ0) is 18.5. The lowest BCUT2D eigenvalue weighted by Crippen LogP contribution is -2.23. The van der Waals surface area contributed by atoms with E-state index >= 15 is 0 Å². The van der Waals surface area contributed by atoms with Crippen LogP contribution < -0.4 is 10.1 Å². The molecule has 0 unspecified atom stereocenters. The van der Waals surface area contributed by atoms with Gasteiger partial charge in [0.25, 0.3) is 0 Å². The van der Waals surface area contributed by atoms with Crippen LogP contribution in [-0.2, 0) is 11.2 Å². The number of carbonyl (C=O) groups excluding carboxylic acids is 2. The van der Waals surface area contributed by atoms with E-state index in [1.54, 1.807) is 7.11 Å². The molecule has 0 aliphatic heterocycles. The Balaban J connectivity index is 2.11. The number of ketones is 1. The van der Waals surface area contributed by atoms with E-state index in [9.17, 15) is 9.59 Å². The largest absolute Gasteiger partial charge is 0.497 e. The summed E-state index contributed by atoms with van der Waals surface area (Å²) in [4.78, 5) is 24.3. The van der Waals surface area contributed by atoms with Gasteiger partial charge >= 0.3 is 0 Å². The minimum Gasteiger partial charge on any atom is -0.497 e. The summed E-state index contributed by atoms with van der Waals surface area (Å²) in [5, 5.41) is 4.82. The Morgan fingerprint density at radius 1 is 1.00 bits per heavy atom. The fourth-order valence-electron chi connectivity index (χ4n) is 3.08. The SMILES string of the molecule is COc1ccc2ccc(C(=O)c3ccccc3)c(CCNC(C)=O)c2c1. The predicted molar refractivity (Wildman–Crippen MR) is 103 cm³/mol. The summed E-state index contributed by atoms with van der Waals surface area (Å²) in [6.07, 6.45) is 0.567. The van der Waals surface area contributed by atoms with Gasteiger partial charge in [-0.15, -0.1) is 0 Å². The third-order valence-corrected chi connectivity index (χ3v) is 4.37. The van der Waals surface area contributed by atoms with Crippen molar-refractivity contribution >= 4 is 22.5 Å². The van der Waals surface area contributed by atoms with Crippen LogP contribution in [0.25, 0.3) is 10.8 Å². The molecule has 4 heteroatoms. The van der Waals surface area contributed by atoms with Gasteiger partial charge in [-0.05, 0) is 34.9 Å². The molecule has 26 heavy (non-hydrogen) atoms. The van der Waals surface area contributed by atoms with E-state index in [2.05, 4.69) is 5.32 Å². The van der Waals surface area contributed by atoms with Gasteiger partial charge in [-0.1, -0.05) is 48.5 Å². The lowest BCUT2D eigenvalue weighted by molar-refractivity contribution is -0.118. The minimum absolute atomic E-state index is 0.0202.